The van der Waals surface area contributed by atoms with E-state index in [1.54, 1.807) is 0 Å². The van der Waals surface area contributed by atoms with Crippen LogP contribution in [0.3, 0.4) is 0 Å². The zero-order valence-electron chi connectivity index (χ0n) is 17.9. The van der Waals surface area contributed by atoms with Crippen molar-refractivity contribution < 1.29 is 9.47 Å². The number of hydrogen-bond donors (Lipinski definition) is 0. The zero-order valence-corrected chi connectivity index (χ0v) is 18.8. The lowest BCUT2D eigenvalue weighted by atomic mass is 10.2. The summed E-state index contributed by atoms with van der Waals surface area (Å²) < 4.78 is 18.8. The van der Waals surface area contributed by atoms with Crippen LogP contribution in [0.1, 0.15) is 41.5 Å². The summed E-state index contributed by atoms with van der Waals surface area (Å²) >= 11 is 0. The van der Waals surface area contributed by atoms with Gasteiger partial charge < -0.3 is 9.47 Å². The molecular weight excluding hydrogens is 365 g/mol. The van der Waals surface area contributed by atoms with E-state index in [0.29, 0.717) is 17.8 Å². The van der Waals surface area contributed by atoms with Crippen molar-refractivity contribution in [2.24, 2.45) is 22.5 Å². The summed E-state index contributed by atoms with van der Waals surface area (Å²) in [6.45, 7) is 13.3. The van der Waals surface area contributed by atoms with Gasteiger partial charge in [0.2, 0.25) is 0 Å². The number of rotatable bonds is 5. The van der Waals surface area contributed by atoms with Crippen LogP contribution in [0, 0.1) is 17.8 Å². The summed E-state index contributed by atoms with van der Waals surface area (Å²) in [5, 5.41) is 1.26. The van der Waals surface area contributed by atoms with Gasteiger partial charge in [0.15, 0.2) is 6.29 Å². The first-order valence-electron chi connectivity index (χ1n) is 10.4. The second kappa shape index (κ2) is 8.95. The Morgan fingerprint density at radius 3 is 1.57 bits per heavy atom. The number of benzene rings is 2. The molecule has 0 saturated carbocycles. The van der Waals surface area contributed by atoms with E-state index in [-0.39, 0.29) is 18.0 Å². The van der Waals surface area contributed by atoms with E-state index in [1.807, 2.05) is 6.07 Å². The van der Waals surface area contributed by atoms with Crippen LogP contribution in [0.15, 0.2) is 65.4 Å². The summed E-state index contributed by atoms with van der Waals surface area (Å²) in [7, 11) is -2.19. The highest BCUT2D eigenvalue weighted by Crippen LogP contribution is 2.66. The predicted molar refractivity (Wildman–Crippen MR) is 120 cm³/mol. The molecule has 1 aliphatic heterocycles. The molecular formula is C24H34NO2P. The number of ether oxygens (including phenoxy) is 2. The lowest BCUT2D eigenvalue weighted by Crippen LogP contribution is -2.47. The fraction of sp³-hybridized carbons (Fsp3) is 0.500. The first-order chi connectivity index (χ1) is 13.4. The minimum Gasteiger partial charge on any atom is -0.342 e. The van der Waals surface area contributed by atoms with E-state index in [2.05, 4.69) is 96.1 Å². The van der Waals surface area contributed by atoms with E-state index in [1.165, 1.54) is 5.30 Å². The van der Waals surface area contributed by atoms with Crippen LogP contribution < -0.4 is 5.30 Å². The average Bonchev–Trinajstić information content (AvgIpc) is 2.68. The molecule has 1 saturated heterocycles. The molecule has 3 nitrogen and oxygen atoms in total. The summed E-state index contributed by atoms with van der Waals surface area (Å²) in [5.74, 6) is 1.05. The Hall–Kier alpha value is -1.41. The third-order valence-corrected chi connectivity index (χ3v) is 9.89. The Balaban J connectivity index is 2.31. The minimum atomic E-state index is -2.19. The second-order valence-electron chi connectivity index (χ2n) is 8.66. The van der Waals surface area contributed by atoms with Crippen LogP contribution in [-0.4, -0.2) is 18.0 Å². The maximum atomic E-state index is 6.67. The Kier molecular flexibility index (Phi) is 6.81. The quantitative estimate of drug-likeness (QED) is 0.516. The SMILES string of the molecule is CC(C)C1OC(C(C)C)P(=Nc2ccccc2)(c2ccccc2)C(C(C)C)O1. The molecule has 2 atom stereocenters. The Morgan fingerprint density at radius 1 is 0.679 bits per heavy atom. The molecule has 0 aromatic heterocycles. The van der Waals surface area contributed by atoms with Gasteiger partial charge in [-0.3, -0.25) is 4.74 Å². The molecule has 0 spiro atoms. The molecule has 1 fully saturated rings. The molecule has 152 valence electrons. The van der Waals surface area contributed by atoms with Gasteiger partial charge in [-0.15, -0.1) is 0 Å². The van der Waals surface area contributed by atoms with Crippen molar-refractivity contribution >= 4 is 18.0 Å². The lowest BCUT2D eigenvalue weighted by Gasteiger charge is -2.50. The molecule has 0 bridgehead atoms. The van der Waals surface area contributed by atoms with Crippen LogP contribution >= 0.6 is 7.05 Å². The Labute approximate surface area is 170 Å². The van der Waals surface area contributed by atoms with Gasteiger partial charge in [0.05, 0.1) is 12.7 Å². The highest BCUT2D eigenvalue weighted by Gasteiger charge is 2.50. The molecule has 1 heterocycles. The van der Waals surface area contributed by atoms with E-state index in [4.69, 9.17) is 14.2 Å². The maximum Gasteiger partial charge on any atom is 0.161 e. The van der Waals surface area contributed by atoms with Crippen LogP contribution in [0.2, 0.25) is 0 Å². The number of hydrogen-bond acceptors (Lipinski definition) is 3. The Bertz CT molecular complexity index is 780. The molecule has 2 aromatic carbocycles. The molecule has 2 unspecified atom stereocenters. The topological polar surface area (TPSA) is 30.8 Å². The maximum absolute atomic E-state index is 6.67. The third kappa shape index (κ3) is 4.13. The third-order valence-electron chi connectivity index (χ3n) is 5.21. The fourth-order valence-corrected chi connectivity index (χ4v) is 8.81. The standard InChI is InChI=1S/C24H34NO2P/c1-17(2)22-26-23(18(3)4)28(24(27-22)19(5)6,21-15-11-8-12-16-21)25-20-13-9-7-10-14-20/h7-19,22-24H,1-6H3. The van der Waals surface area contributed by atoms with Crippen molar-refractivity contribution in [3.05, 3.63) is 60.7 Å². The normalized spacial score (nSPS) is 28.1. The van der Waals surface area contributed by atoms with Crippen molar-refractivity contribution in [3.8, 4) is 0 Å². The van der Waals surface area contributed by atoms with Crippen molar-refractivity contribution in [2.75, 3.05) is 0 Å². The van der Waals surface area contributed by atoms with Gasteiger partial charge in [-0.25, -0.2) is 0 Å². The fourth-order valence-electron chi connectivity index (χ4n) is 3.99. The highest BCUT2D eigenvalue weighted by atomic mass is 31.2. The van der Waals surface area contributed by atoms with Gasteiger partial charge in [0, 0.05) is 5.92 Å². The smallest absolute Gasteiger partial charge is 0.161 e. The minimum absolute atomic E-state index is 0.0312. The molecule has 0 radical (unpaired) electrons. The van der Waals surface area contributed by atoms with E-state index >= 15 is 0 Å². The summed E-state index contributed by atoms with van der Waals surface area (Å²) in [5.41, 5.74) is 1.01. The summed E-state index contributed by atoms with van der Waals surface area (Å²) in [4.78, 5) is 0. The van der Waals surface area contributed by atoms with E-state index in [0.717, 1.165) is 5.69 Å². The molecule has 3 rings (SSSR count). The van der Waals surface area contributed by atoms with Crippen molar-refractivity contribution in [1.29, 1.82) is 0 Å². The monoisotopic (exact) mass is 399 g/mol. The highest BCUT2D eigenvalue weighted by molar-refractivity contribution is 7.75. The predicted octanol–water partition coefficient (Wildman–Crippen LogP) is 6.84. The van der Waals surface area contributed by atoms with Gasteiger partial charge in [-0.2, -0.15) is 0 Å². The summed E-state index contributed by atoms with van der Waals surface area (Å²) in [6.07, 6.45) is -0.192. The largest absolute Gasteiger partial charge is 0.342 e. The van der Waals surface area contributed by atoms with Crippen molar-refractivity contribution in [3.63, 3.8) is 0 Å². The van der Waals surface area contributed by atoms with Crippen LogP contribution in [0.25, 0.3) is 0 Å². The molecule has 1 aliphatic rings. The molecule has 4 heteroatoms. The van der Waals surface area contributed by atoms with E-state index in [9.17, 15) is 0 Å². The van der Waals surface area contributed by atoms with Gasteiger partial charge in [-0.1, -0.05) is 90.1 Å². The molecule has 28 heavy (non-hydrogen) atoms. The zero-order chi connectivity index (χ0) is 20.3. The van der Waals surface area contributed by atoms with Crippen LogP contribution in [-0.2, 0) is 9.47 Å². The Morgan fingerprint density at radius 2 is 1.14 bits per heavy atom. The van der Waals surface area contributed by atoms with Crippen molar-refractivity contribution in [1.82, 2.24) is 0 Å². The van der Waals surface area contributed by atoms with Gasteiger partial charge >= 0.3 is 0 Å². The molecule has 0 N–H and O–H groups in total. The van der Waals surface area contributed by atoms with Gasteiger partial charge in [-0.05, 0) is 29.3 Å². The first kappa shape index (κ1) is 21.3. The van der Waals surface area contributed by atoms with Gasteiger partial charge in [0.1, 0.15) is 11.7 Å². The summed E-state index contributed by atoms with van der Waals surface area (Å²) in [6, 6.07) is 21.1. The van der Waals surface area contributed by atoms with E-state index < -0.39 is 7.05 Å². The number of nitrogens with zero attached hydrogens (tertiary/aromatic N) is 1. The van der Waals surface area contributed by atoms with Crippen molar-refractivity contribution in [2.45, 2.75) is 59.5 Å². The van der Waals surface area contributed by atoms with Crippen LogP contribution in [0.5, 0.6) is 0 Å². The second-order valence-corrected chi connectivity index (χ2v) is 11.9. The van der Waals surface area contributed by atoms with Crippen LogP contribution in [0.4, 0.5) is 5.69 Å². The molecule has 0 aliphatic carbocycles. The molecule has 0 amide bonds. The average molecular weight is 400 g/mol. The first-order valence-corrected chi connectivity index (χ1v) is 12.3. The molecule has 2 aromatic rings. The lowest BCUT2D eigenvalue weighted by molar-refractivity contribution is -0.212. The van der Waals surface area contributed by atoms with Gasteiger partial charge in [0.25, 0.3) is 0 Å².